The van der Waals surface area contributed by atoms with Crippen molar-refractivity contribution >= 4 is 0 Å². The molecular formula is C10H15N3O. The Morgan fingerprint density at radius 1 is 1.57 bits per heavy atom. The van der Waals surface area contributed by atoms with Crippen molar-refractivity contribution < 1.29 is 5.11 Å². The van der Waals surface area contributed by atoms with Gasteiger partial charge in [0.25, 0.3) is 0 Å². The van der Waals surface area contributed by atoms with Gasteiger partial charge in [0.15, 0.2) is 0 Å². The molecule has 0 aromatic carbocycles. The lowest BCUT2D eigenvalue weighted by atomic mass is 10.1. The maximum Gasteiger partial charge on any atom is 0.131 e. The van der Waals surface area contributed by atoms with E-state index in [0.29, 0.717) is 0 Å². The molecule has 0 bridgehead atoms. The van der Waals surface area contributed by atoms with Crippen LogP contribution in [0.3, 0.4) is 0 Å². The van der Waals surface area contributed by atoms with Crippen LogP contribution in [0.4, 0.5) is 0 Å². The first kappa shape index (κ1) is 10.7. The van der Waals surface area contributed by atoms with Crippen LogP contribution >= 0.6 is 0 Å². The van der Waals surface area contributed by atoms with Crippen molar-refractivity contribution in [2.24, 2.45) is 0 Å². The van der Waals surface area contributed by atoms with Gasteiger partial charge in [-0.05, 0) is 26.2 Å². The maximum absolute atomic E-state index is 9.41. The first-order chi connectivity index (χ1) is 6.53. The number of hydrogen-bond donors (Lipinski definition) is 1. The molecule has 0 spiro atoms. The Kier molecular flexibility index (Phi) is 3.26. The van der Waals surface area contributed by atoms with Gasteiger partial charge in [0.1, 0.15) is 11.3 Å². The third kappa shape index (κ3) is 3.19. The number of hydrogen-bond acceptors (Lipinski definition) is 3. The molecule has 4 nitrogen and oxygen atoms in total. The molecule has 76 valence electrons. The molecule has 1 heterocycles. The minimum Gasteiger partial charge on any atom is -0.378 e. The molecule has 0 aliphatic carbocycles. The molecule has 0 fully saturated rings. The summed E-state index contributed by atoms with van der Waals surface area (Å²) in [5.74, 6) is 5.58. The summed E-state index contributed by atoms with van der Waals surface area (Å²) >= 11 is 0. The van der Waals surface area contributed by atoms with E-state index in [1.54, 1.807) is 24.7 Å². The van der Waals surface area contributed by atoms with Crippen LogP contribution in [-0.4, -0.2) is 25.7 Å². The highest BCUT2D eigenvalue weighted by molar-refractivity contribution is 5.27. The van der Waals surface area contributed by atoms with Gasteiger partial charge in [0.05, 0.1) is 6.20 Å². The highest BCUT2D eigenvalue weighted by Crippen LogP contribution is 2.00. The zero-order chi connectivity index (χ0) is 10.6. The van der Waals surface area contributed by atoms with E-state index in [4.69, 9.17) is 0 Å². The van der Waals surface area contributed by atoms with Crippen molar-refractivity contribution in [1.82, 2.24) is 15.0 Å². The standard InChI is InChI=1S/C10H15N3O/c1-4-7-13-9(8-11-12-13)5-6-10(2,3)14/h8,14H,4,7H2,1-3H3. The van der Waals surface area contributed by atoms with E-state index in [2.05, 4.69) is 29.1 Å². The van der Waals surface area contributed by atoms with Crippen LogP contribution in [0.1, 0.15) is 32.9 Å². The van der Waals surface area contributed by atoms with E-state index >= 15 is 0 Å². The van der Waals surface area contributed by atoms with Gasteiger partial charge in [-0.25, -0.2) is 4.68 Å². The predicted molar refractivity (Wildman–Crippen MR) is 53.5 cm³/mol. The van der Waals surface area contributed by atoms with E-state index < -0.39 is 5.60 Å². The summed E-state index contributed by atoms with van der Waals surface area (Å²) in [5, 5.41) is 17.1. The molecule has 1 aromatic rings. The molecule has 0 saturated heterocycles. The van der Waals surface area contributed by atoms with Crippen LogP contribution < -0.4 is 0 Å². The third-order valence-electron chi connectivity index (χ3n) is 1.55. The van der Waals surface area contributed by atoms with E-state index in [-0.39, 0.29) is 0 Å². The van der Waals surface area contributed by atoms with Gasteiger partial charge in [-0.2, -0.15) is 0 Å². The van der Waals surface area contributed by atoms with Gasteiger partial charge in [-0.3, -0.25) is 0 Å². The highest BCUT2D eigenvalue weighted by atomic mass is 16.3. The average molecular weight is 193 g/mol. The lowest BCUT2D eigenvalue weighted by molar-refractivity contribution is 0.143. The van der Waals surface area contributed by atoms with Crippen molar-refractivity contribution in [3.05, 3.63) is 11.9 Å². The zero-order valence-corrected chi connectivity index (χ0v) is 8.78. The quantitative estimate of drug-likeness (QED) is 0.707. The molecule has 1 rings (SSSR count). The Hall–Kier alpha value is -1.34. The summed E-state index contributed by atoms with van der Waals surface area (Å²) in [6.45, 7) is 6.16. The number of aryl methyl sites for hydroxylation is 1. The Bertz CT molecular complexity index is 351. The molecule has 14 heavy (non-hydrogen) atoms. The van der Waals surface area contributed by atoms with E-state index in [9.17, 15) is 5.11 Å². The largest absolute Gasteiger partial charge is 0.378 e. The molecule has 0 aliphatic rings. The lowest BCUT2D eigenvalue weighted by Crippen LogP contribution is -2.14. The number of nitrogens with zero attached hydrogens (tertiary/aromatic N) is 3. The molecule has 1 N–H and O–H groups in total. The lowest BCUT2D eigenvalue weighted by Gasteiger charge is -2.06. The normalized spacial score (nSPS) is 10.9. The second-order valence-corrected chi connectivity index (χ2v) is 3.65. The van der Waals surface area contributed by atoms with Crippen molar-refractivity contribution in [3.8, 4) is 11.8 Å². The summed E-state index contributed by atoms with van der Waals surface area (Å²) in [4.78, 5) is 0. The minimum atomic E-state index is -0.971. The summed E-state index contributed by atoms with van der Waals surface area (Å²) in [7, 11) is 0. The fourth-order valence-electron chi connectivity index (χ4n) is 0.948. The maximum atomic E-state index is 9.41. The van der Waals surface area contributed by atoms with Gasteiger partial charge in [-0.1, -0.05) is 18.1 Å². The van der Waals surface area contributed by atoms with Gasteiger partial charge >= 0.3 is 0 Å². The van der Waals surface area contributed by atoms with E-state index in [0.717, 1.165) is 18.7 Å². The average Bonchev–Trinajstić information content (AvgIpc) is 2.48. The van der Waals surface area contributed by atoms with Crippen molar-refractivity contribution in [2.45, 2.75) is 39.3 Å². The first-order valence-electron chi connectivity index (χ1n) is 4.67. The fourth-order valence-corrected chi connectivity index (χ4v) is 0.948. The zero-order valence-electron chi connectivity index (χ0n) is 8.78. The summed E-state index contributed by atoms with van der Waals surface area (Å²) in [6, 6.07) is 0. The molecule has 0 saturated carbocycles. The van der Waals surface area contributed by atoms with E-state index in [1.165, 1.54) is 0 Å². The Morgan fingerprint density at radius 2 is 2.29 bits per heavy atom. The predicted octanol–water partition coefficient (Wildman–Crippen LogP) is 0.810. The fraction of sp³-hybridized carbons (Fsp3) is 0.600. The second kappa shape index (κ2) is 4.25. The number of aromatic nitrogens is 3. The van der Waals surface area contributed by atoms with Crippen molar-refractivity contribution in [1.29, 1.82) is 0 Å². The molecule has 4 heteroatoms. The smallest absolute Gasteiger partial charge is 0.131 e. The van der Waals surface area contributed by atoms with Gasteiger partial charge in [0.2, 0.25) is 0 Å². The van der Waals surface area contributed by atoms with E-state index in [1.807, 2.05) is 0 Å². The Balaban J connectivity index is 2.84. The molecule has 0 atom stereocenters. The van der Waals surface area contributed by atoms with Gasteiger partial charge in [-0.15, -0.1) is 5.10 Å². The van der Waals surface area contributed by atoms with Gasteiger partial charge in [0, 0.05) is 6.54 Å². The number of rotatable bonds is 2. The molecular weight excluding hydrogens is 178 g/mol. The topological polar surface area (TPSA) is 50.9 Å². The van der Waals surface area contributed by atoms with Crippen LogP contribution in [0.15, 0.2) is 6.20 Å². The van der Waals surface area contributed by atoms with Crippen LogP contribution in [0.5, 0.6) is 0 Å². The third-order valence-corrected chi connectivity index (χ3v) is 1.55. The minimum absolute atomic E-state index is 0.744. The summed E-state index contributed by atoms with van der Waals surface area (Å²) in [5.41, 5.74) is -0.226. The molecule has 0 unspecified atom stereocenters. The van der Waals surface area contributed by atoms with Crippen LogP contribution in [0, 0.1) is 11.8 Å². The summed E-state index contributed by atoms with van der Waals surface area (Å²) in [6.07, 6.45) is 2.59. The van der Waals surface area contributed by atoms with Crippen molar-refractivity contribution in [2.75, 3.05) is 0 Å². The Labute approximate surface area is 83.9 Å². The molecule has 1 aromatic heterocycles. The number of aliphatic hydroxyl groups is 1. The monoisotopic (exact) mass is 193 g/mol. The van der Waals surface area contributed by atoms with Crippen LogP contribution in [-0.2, 0) is 6.54 Å². The Morgan fingerprint density at radius 3 is 2.86 bits per heavy atom. The molecule has 0 radical (unpaired) electrons. The van der Waals surface area contributed by atoms with Crippen molar-refractivity contribution in [3.63, 3.8) is 0 Å². The molecule has 0 amide bonds. The summed E-state index contributed by atoms with van der Waals surface area (Å²) < 4.78 is 1.73. The first-order valence-corrected chi connectivity index (χ1v) is 4.67. The molecule has 0 aliphatic heterocycles. The SMILES string of the molecule is CCCn1nncc1C#CC(C)(C)O. The van der Waals surface area contributed by atoms with Crippen LogP contribution in [0.2, 0.25) is 0 Å². The second-order valence-electron chi connectivity index (χ2n) is 3.65. The highest BCUT2D eigenvalue weighted by Gasteiger charge is 2.06. The van der Waals surface area contributed by atoms with Crippen LogP contribution in [0.25, 0.3) is 0 Å². The van der Waals surface area contributed by atoms with Gasteiger partial charge < -0.3 is 5.11 Å².